The van der Waals surface area contributed by atoms with E-state index < -0.39 is 18.2 Å². The molecular formula is C12H14F3NO. The average Bonchev–Trinajstić information content (AvgIpc) is 2.19. The second kappa shape index (κ2) is 4.85. The molecule has 5 heteroatoms. The lowest BCUT2D eigenvalue weighted by Gasteiger charge is -2.34. The number of benzene rings is 1. The molecule has 1 aliphatic carbocycles. The third-order valence-corrected chi connectivity index (χ3v) is 2.89. The van der Waals surface area contributed by atoms with Crippen molar-refractivity contribution in [1.82, 2.24) is 0 Å². The van der Waals surface area contributed by atoms with Crippen LogP contribution in [0.15, 0.2) is 18.2 Å². The molecular weight excluding hydrogens is 231 g/mol. The fraction of sp³-hybridized carbons (Fsp3) is 0.500. The normalized spacial score (nSPS) is 23.4. The summed E-state index contributed by atoms with van der Waals surface area (Å²) in [7, 11) is 0. The first-order valence-corrected chi connectivity index (χ1v) is 5.55. The topological polar surface area (TPSA) is 21.3 Å². The standard InChI is InChI=1S/C12H14F3NO/c1-7-4-9(5-7)16-8-2-3-11(10(13)6-8)17-12(14)15/h2-3,6-7,9,12,16H,4-5H2,1H3. The molecule has 1 N–H and O–H groups in total. The van der Waals surface area contributed by atoms with Gasteiger partial charge in [0.15, 0.2) is 11.6 Å². The van der Waals surface area contributed by atoms with E-state index in [1.54, 1.807) is 6.07 Å². The van der Waals surface area contributed by atoms with E-state index in [1.807, 2.05) is 0 Å². The first-order valence-electron chi connectivity index (χ1n) is 5.55. The third-order valence-electron chi connectivity index (χ3n) is 2.89. The lowest BCUT2D eigenvalue weighted by atomic mass is 9.82. The van der Waals surface area contributed by atoms with Crippen LogP contribution in [0.5, 0.6) is 5.75 Å². The highest BCUT2D eigenvalue weighted by molar-refractivity contribution is 5.48. The maximum Gasteiger partial charge on any atom is 0.387 e. The van der Waals surface area contributed by atoms with Crippen LogP contribution in [0, 0.1) is 11.7 Å². The second-order valence-electron chi connectivity index (χ2n) is 4.44. The van der Waals surface area contributed by atoms with Crippen LogP contribution in [0.1, 0.15) is 19.8 Å². The molecule has 0 saturated heterocycles. The summed E-state index contributed by atoms with van der Waals surface area (Å²) in [5, 5.41) is 3.15. The lowest BCUT2D eigenvalue weighted by Crippen LogP contribution is -2.33. The predicted octanol–water partition coefficient (Wildman–Crippen LogP) is 3.64. The Morgan fingerprint density at radius 2 is 2.06 bits per heavy atom. The van der Waals surface area contributed by atoms with Crippen LogP contribution in [0.2, 0.25) is 0 Å². The van der Waals surface area contributed by atoms with Crippen molar-refractivity contribution in [1.29, 1.82) is 0 Å². The Morgan fingerprint density at radius 3 is 2.59 bits per heavy atom. The van der Waals surface area contributed by atoms with Crippen molar-refractivity contribution in [3.05, 3.63) is 24.0 Å². The van der Waals surface area contributed by atoms with Gasteiger partial charge >= 0.3 is 6.61 Å². The first kappa shape index (κ1) is 12.1. The number of hydrogen-bond donors (Lipinski definition) is 1. The summed E-state index contributed by atoms with van der Waals surface area (Å²) in [6.45, 7) is -0.853. The summed E-state index contributed by atoms with van der Waals surface area (Å²) in [5.41, 5.74) is 0.598. The average molecular weight is 245 g/mol. The molecule has 0 unspecified atom stereocenters. The van der Waals surface area contributed by atoms with Gasteiger partial charge in [-0.1, -0.05) is 6.92 Å². The summed E-state index contributed by atoms with van der Waals surface area (Å²) >= 11 is 0. The Morgan fingerprint density at radius 1 is 1.35 bits per heavy atom. The van der Waals surface area contributed by atoms with E-state index in [9.17, 15) is 13.2 Å². The fourth-order valence-corrected chi connectivity index (χ4v) is 2.04. The number of halogens is 3. The van der Waals surface area contributed by atoms with Crippen LogP contribution in [-0.4, -0.2) is 12.7 Å². The van der Waals surface area contributed by atoms with E-state index in [4.69, 9.17) is 0 Å². The van der Waals surface area contributed by atoms with Crippen LogP contribution >= 0.6 is 0 Å². The van der Waals surface area contributed by atoms with Crippen molar-refractivity contribution in [2.24, 2.45) is 5.92 Å². The van der Waals surface area contributed by atoms with Crippen molar-refractivity contribution in [3.8, 4) is 5.75 Å². The van der Waals surface area contributed by atoms with Gasteiger partial charge in [0.2, 0.25) is 0 Å². The van der Waals surface area contributed by atoms with Gasteiger partial charge in [-0.05, 0) is 30.9 Å². The molecule has 0 atom stereocenters. The monoisotopic (exact) mass is 245 g/mol. The first-order chi connectivity index (χ1) is 8.04. The van der Waals surface area contributed by atoms with Crippen LogP contribution in [-0.2, 0) is 0 Å². The fourth-order valence-electron chi connectivity index (χ4n) is 2.04. The van der Waals surface area contributed by atoms with Crippen LogP contribution < -0.4 is 10.1 Å². The predicted molar refractivity (Wildman–Crippen MR) is 58.8 cm³/mol. The van der Waals surface area contributed by atoms with E-state index in [0.29, 0.717) is 17.6 Å². The highest BCUT2D eigenvalue weighted by Gasteiger charge is 2.25. The Balaban J connectivity index is 1.98. The van der Waals surface area contributed by atoms with Gasteiger partial charge in [0.25, 0.3) is 0 Å². The molecule has 0 radical (unpaired) electrons. The van der Waals surface area contributed by atoms with E-state index in [0.717, 1.165) is 12.8 Å². The largest absolute Gasteiger partial charge is 0.432 e. The van der Waals surface area contributed by atoms with Gasteiger partial charge in [0.05, 0.1) is 0 Å². The molecule has 1 aromatic rings. The number of alkyl halides is 2. The number of rotatable bonds is 4. The molecule has 0 aromatic heterocycles. The van der Waals surface area contributed by atoms with Gasteiger partial charge in [-0.15, -0.1) is 0 Å². The minimum atomic E-state index is -3.00. The summed E-state index contributed by atoms with van der Waals surface area (Å²) in [4.78, 5) is 0. The van der Waals surface area contributed by atoms with Crippen molar-refractivity contribution in [2.75, 3.05) is 5.32 Å². The van der Waals surface area contributed by atoms with Gasteiger partial charge in [-0.2, -0.15) is 8.78 Å². The van der Waals surface area contributed by atoms with Gasteiger partial charge in [0.1, 0.15) is 0 Å². The van der Waals surface area contributed by atoms with E-state index in [2.05, 4.69) is 17.0 Å². The zero-order valence-corrected chi connectivity index (χ0v) is 9.42. The smallest absolute Gasteiger partial charge is 0.387 e. The quantitative estimate of drug-likeness (QED) is 0.874. The Labute approximate surface area is 97.8 Å². The van der Waals surface area contributed by atoms with Gasteiger partial charge in [-0.25, -0.2) is 4.39 Å². The lowest BCUT2D eigenvalue weighted by molar-refractivity contribution is -0.0521. The maximum atomic E-state index is 13.4. The van der Waals surface area contributed by atoms with Crippen molar-refractivity contribution < 1.29 is 17.9 Å². The SMILES string of the molecule is CC1CC(Nc2ccc(OC(F)F)c(F)c2)C1. The number of ether oxygens (including phenoxy) is 1. The summed E-state index contributed by atoms with van der Waals surface area (Å²) in [6, 6.07) is 4.29. The molecule has 94 valence electrons. The van der Waals surface area contributed by atoms with Crippen LogP contribution in [0.4, 0.5) is 18.9 Å². The molecule has 1 aliphatic rings. The zero-order valence-electron chi connectivity index (χ0n) is 9.42. The molecule has 2 nitrogen and oxygen atoms in total. The number of anilines is 1. The van der Waals surface area contributed by atoms with Gasteiger partial charge < -0.3 is 10.1 Å². The number of nitrogens with one attached hydrogen (secondary N) is 1. The van der Waals surface area contributed by atoms with Crippen LogP contribution in [0.3, 0.4) is 0 Å². The Bertz CT molecular complexity index is 391. The Kier molecular flexibility index (Phi) is 3.45. The minimum Gasteiger partial charge on any atom is -0.432 e. The third kappa shape index (κ3) is 3.05. The molecule has 1 fully saturated rings. The molecule has 17 heavy (non-hydrogen) atoms. The molecule has 1 saturated carbocycles. The minimum absolute atomic E-state index is 0.353. The molecule has 2 rings (SSSR count). The molecule has 0 bridgehead atoms. The zero-order chi connectivity index (χ0) is 12.4. The van der Waals surface area contributed by atoms with Crippen molar-refractivity contribution in [3.63, 3.8) is 0 Å². The van der Waals surface area contributed by atoms with Crippen molar-refractivity contribution in [2.45, 2.75) is 32.4 Å². The molecule has 0 amide bonds. The molecule has 1 aromatic carbocycles. The summed E-state index contributed by atoms with van der Waals surface area (Å²) < 4.78 is 41.2. The molecule has 0 spiro atoms. The van der Waals surface area contributed by atoms with E-state index in [1.165, 1.54) is 12.1 Å². The Hall–Kier alpha value is -1.39. The highest BCUT2D eigenvalue weighted by atomic mass is 19.3. The number of hydrogen-bond acceptors (Lipinski definition) is 2. The maximum absolute atomic E-state index is 13.4. The highest BCUT2D eigenvalue weighted by Crippen LogP contribution is 2.30. The second-order valence-corrected chi connectivity index (χ2v) is 4.44. The van der Waals surface area contributed by atoms with Gasteiger partial charge in [-0.3, -0.25) is 0 Å². The van der Waals surface area contributed by atoms with E-state index >= 15 is 0 Å². The van der Waals surface area contributed by atoms with Crippen LogP contribution in [0.25, 0.3) is 0 Å². The summed E-state index contributed by atoms with van der Waals surface area (Å²) in [5.74, 6) is -0.506. The van der Waals surface area contributed by atoms with E-state index in [-0.39, 0.29) is 0 Å². The molecule has 0 aliphatic heterocycles. The van der Waals surface area contributed by atoms with Gasteiger partial charge in [0, 0.05) is 17.8 Å². The molecule has 0 heterocycles. The van der Waals surface area contributed by atoms with Crippen molar-refractivity contribution >= 4 is 5.69 Å². The summed E-state index contributed by atoms with van der Waals surface area (Å²) in [6.07, 6.45) is 2.10.